The molecular weight excluding hydrogens is 196 g/mol. The zero-order valence-corrected chi connectivity index (χ0v) is 9.19. The van der Waals surface area contributed by atoms with Crippen molar-refractivity contribution < 1.29 is 14.6 Å². The summed E-state index contributed by atoms with van der Waals surface area (Å²) in [4.78, 5) is 13.6. The second kappa shape index (κ2) is 6.05. The highest BCUT2D eigenvalue weighted by Gasteiger charge is 2.30. The first kappa shape index (κ1) is 12.4. The molecule has 1 fully saturated rings. The first-order valence-electron chi connectivity index (χ1n) is 5.36. The molecule has 1 rings (SSSR count). The Bertz CT molecular complexity index is 207. The molecule has 1 aliphatic rings. The average Bonchev–Trinajstić information content (AvgIpc) is 2.13. The Morgan fingerprint density at radius 2 is 2.33 bits per heavy atom. The fourth-order valence-electron chi connectivity index (χ4n) is 1.74. The first-order valence-corrected chi connectivity index (χ1v) is 5.36. The topological polar surface area (TPSA) is 75.8 Å². The van der Waals surface area contributed by atoms with Gasteiger partial charge in [0.05, 0.1) is 13.2 Å². The van der Waals surface area contributed by atoms with Gasteiger partial charge in [0.25, 0.3) is 0 Å². The Balaban J connectivity index is 2.49. The van der Waals surface area contributed by atoms with Crippen LogP contribution >= 0.6 is 0 Å². The van der Waals surface area contributed by atoms with Gasteiger partial charge in [-0.25, -0.2) is 0 Å². The standard InChI is InChI=1S/C10H20N2O3/c1-15-7-9(11)10(14)12(5-6-13)8-3-2-4-8/h8-9,13H,2-7,11H2,1H3. The molecule has 0 radical (unpaired) electrons. The molecule has 0 aromatic carbocycles. The van der Waals surface area contributed by atoms with Crippen LogP contribution in [-0.4, -0.2) is 54.9 Å². The van der Waals surface area contributed by atoms with Gasteiger partial charge in [0.15, 0.2) is 0 Å². The van der Waals surface area contributed by atoms with Gasteiger partial charge in [0.1, 0.15) is 6.04 Å². The molecule has 0 bridgehead atoms. The summed E-state index contributed by atoms with van der Waals surface area (Å²) in [6, 6.07) is -0.338. The highest BCUT2D eigenvalue weighted by molar-refractivity contribution is 5.82. The molecule has 0 aromatic heterocycles. The lowest BCUT2D eigenvalue weighted by Crippen LogP contribution is -2.53. The molecule has 0 heterocycles. The number of rotatable bonds is 6. The van der Waals surface area contributed by atoms with E-state index < -0.39 is 6.04 Å². The second-order valence-corrected chi connectivity index (χ2v) is 3.90. The zero-order valence-electron chi connectivity index (χ0n) is 9.19. The van der Waals surface area contributed by atoms with Crippen molar-refractivity contribution in [2.45, 2.75) is 31.3 Å². The number of aliphatic hydroxyl groups is 1. The number of nitrogens with zero attached hydrogens (tertiary/aromatic N) is 1. The van der Waals surface area contributed by atoms with Gasteiger partial charge < -0.3 is 20.5 Å². The van der Waals surface area contributed by atoms with Crippen LogP contribution in [0.5, 0.6) is 0 Å². The van der Waals surface area contributed by atoms with E-state index >= 15 is 0 Å². The van der Waals surface area contributed by atoms with Crippen LogP contribution in [0.4, 0.5) is 0 Å². The van der Waals surface area contributed by atoms with E-state index in [1.807, 2.05) is 0 Å². The van der Waals surface area contributed by atoms with Crippen molar-refractivity contribution in [1.82, 2.24) is 4.90 Å². The minimum atomic E-state index is -0.609. The Kier molecular flexibility index (Phi) is 5.01. The van der Waals surface area contributed by atoms with Crippen molar-refractivity contribution >= 4 is 5.91 Å². The third-order valence-electron chi connectivity index (χ3n) is 2.80. The summed E-state index contributed by atoms with van der Waals surface area (Å²) < 4.78 is 4.85. The minimum absolute atomic E-state index is 0.0120. The maximum Gasteiger partial charge on any atom is 0.242 e. The highest BCUT2D eigenvalue weighted by Crippen LogP contribution is 2.24. The molecule has 15 heavy (non-hydrogen) atoms. The summed E-state index contributed by atoms with van der Waals surface area (Å²) in [5.41, 5.74) is 5.68. The molecule has 0 spiro atoms. The Hall–Kier alpha value is -0.650. The lowest BCUT2D eigenvalue weighted by atomic mass is 9.91. The van der Waals surface area contributed by atoms with Gasteiger partial charge in [0.2, 0.25) is 5.91 Å². The molecule has 5 heteroatoms. The van der Waals surface area contributed by atoms with E-state index in [0.717, 1.165) is 19.3 Å². The van der Waals surface area contributed by atoms with Crippen LogP contribution in [0.3, 0.4) is 0 Å². The SMILES string of the molecule is COCC(N)C(=O)N(CCO)C1CCC1. The normalized spacial score (nSPS) is 18.3. The number of ether oxygens (including phenoxy) is 1. The van der Waals surface area contributed by atoms with Crippen molar-refractivity contribution in [2.75, 3.05) is 26.9 Å². The zero-order chi connectivity index (χ0) is 11.3. The number of nitrogens with two attached hydrogens (primary N) is 1. The number of hydrogen-bond acceptors (Lipinski definition) is 4. The monoisotopic (exact) mass is 216 g/mol. The van der Waals surface area contributed by atoms with Crippen LogP contribution in [-0.2, 0) is 9.53 Å². The first-order chi connectivity index (χ1) is 7.20. The molecule has 1 saturated carbocycles. The van der Waals surface area contributed by atoms with Crippen LogP contribution < -0.4 is 5.73 Å². The van der Waals surface area contributed by atoms with E-state index in [0.29, 0.717) is 6.54 Å². The number of hydrogen-bond donors (Lipinski definition) is 2. The Morgan fingerprint density at radius 1 is 1.67 bits per heavy atom. The molecule has 1 atom stereocenters. The maximum atomic E-state index is 11.9. The molecule has 1 unspecified atom stereocenters. The third-order valence-corrected chi connectivity index (χ3v) is 2.80. The number of carbonyl (C=O) groups is 1. The second-order valence-electron chi connectivity index (χ2n) is 3.90. The van der Waals surface area contributed by atoms with Crippen molar-refractivity contribution in [1.29, 1.82) is 0 Å². The summed E-state index contributed by atoms with van der Waals surface area (Å²) >= 11 is 0. The van der Waals surface area contributed by atoms with E-state index in [-0.39, 0.29) is 25.2 Å². The summed E-state index contributed by atoms with van der Waals surface area (Å²) in [5, 5.41) is 8.90. The molecule has 3 N–H and O–H groups in total. The van der Waals surface area contributed by atoms with E-state index in [1.54, 1.807) is 4.90 Å². The van der Waals surface area contributed by atoms with E-state index in [2.05, 4.69) is 0 Å². The smallest absolute Gasteiger partial charge is 0.242 e. The molecular formula is C10H20N2O3. The Morgan fingerprint density at radius 3 is 2.73 bits per heavy atom. The molecule has 5 nitrogen and oxygen atoms in total. The largest absolute Gasteiger partial charge is 0.395 e. The summed E-state index contributed by atoms with van der Waals surface area (Å²) in [6.45, 7) is 0.594. The van der Waals surface area contributed by atoms with Crippen LogP contribution in [0.1, 0.15) is 19.3 Å². The quantitative estimate of drug-likeness (QED) is 0.617. The fourth-order valence-corrected chi connectivity index (χ4v) is 1.74. The predicted octanol–water partition coefficient (Wildman–Crippen LogP) is -0.666. The summed E-state index contributed by atoms with van der Waals surface area (Å²) in [6.07, 6.45) is 3.19. The van der Waals surface area contributed by atoms with Crippen molar-refractivity contribution in [3.63, 3.8) is 0 Å². The van der Waals surface area contributed by atoms with Crippen molar-refractivity contribution in [3.05, 3.63) is 0 Å². The molecule has 0 aliphatic heterocycles. The minimum Gasteiger partial charge on any atom is -0.395 e. The van der Waals surface area contributed by atoms with Gasteiger partial charge in [-0.2, -0.15) is 0 Å². The number of amides is 1. The summed E-state index contributed by atoms with van der Waals surface area (Å²) in [7, 11) is 1.52. The van der Waals surface area contributed by atoms with Crippen LogP contribution in [0.25, 0.3) is 0 Å². The lowest BCUT2D eigenvalue weighted by Gasteiger charge is -2.38. The van der Waals surface area contributed by atoms with Gasteiger partial charge in [-0.05, 0) is 19.3 Å². The molecule has 0 saturated heterocycles. The number of methoxy groups -OCH3 is 1. The lowest BCUT2D eigenvalue weighted by molar-refractivity contribution is -0.138. The third kappa shape index (κ3) is 3.15. The molecule has 1 aliphatic carbocycles. The van der Waals surface area contributed by atoms with Gasteiger partial charge >= 0.3 is 0 Å². The van der Waals surface area contributed by atoms with Crippen LogP contribution in [0.15, 0.2) is 0 Å². The maximum absolute atomic E-state index is 11.9. The van der Waals surface area contributed by atoms with Gasteiger partial charge in [-0.15, -0.1) is 0 Å². The number of aliphatic hydroxyl groups excluding tert-OH is 1. The van der Waals surface area contributed by atoms with E-state index in [4.69, 9.17) is 15.6 Å². The Labute approximate surface area is 90.2 Å². The van der Waals surface area contributed by atoms with E-state index in [9.17, 15) is 4.79 Å². The highest BCUT2D eigenvalue weighted by atomic mass is 16.5. The van der Waals surface area contributed by atoms with Crippen molar-refractivity contribution in [3.8, 4) is 0 Å². The number of carbonyl (C=O) groups excluding carboxylic acids is 1. The van der Waals surface area contributed by atoms with E-state index in [1.165, 1.54) is 7.11 Å². The van der Waals surface area contributed by atoms with Crippen molar-refractivity contribution in [2.24, 2.45) is 5.73 Å². The summed E-state index contributed by atoms with van der Waals surface area (Å²) in [5.74, 6) is -0.115. The molecule has 88 valence electrons. The van der Waals surface area contributed by atoms with Gasteiger partial charge in [-0.1, -0.05) is 0 Å². The van der Waals surface area contributed by atoms with Gasteiger partial charge in [-0.3, -0.25) is 4.79 Å². The average molecular weight is 216 g/mol. The van der Waals surface area contributed by atoms with Gasteiger partial charge in [0, 0.05) is 19.7 Å². The fraction of sp³-hybridized carbons (Fsp3) is 0.900. The molecule has 0 aromatic rings. The van der Waals surface area contributed by atoms with Crippen LogP contribution in [0, 0.1) is 0 Å². The van der Waals surface area contributed by atoms with Crippen LogP contribution in [0.2, 0.25) is 0 Å². The predicted molar refractivity (Wildman–Crippen MR) is 56.3 cm³/mol. The molecule has 1 amide bonds.